The van der Waals surface area contributed by atoms with Gasteiger partial charge in [0.05, 0.1) is 11.1 Å². The Morgan fingerprint density at radius 3 is 2.20 bits per heavy atom. The zero-order valence-electron chi connectivity index (χ0n) is 15.6. The number of aromatic nitrogens is 2. The van der Waals surface area contributed by atoms with Crippen molar-refractivity contribution in [2.45, 2.75) is 0 Å². The molecule has 0 fully saturated rings. The van der Waals surface area contributed by atoms with Gasteiger partial charge in [-0.2, -0.15) is 9.78 Å². The van der Waals surface area contributed by atoms with Crippen LogP contribution in [0.3, 0.4) is 0 Å². The van der Waals surface area contributed by atoms with Gasteiger partial charge in [-0.05, 0) is 42.5 Å². The summed E-state index contributed by atoms with van der Waals surface area (Å²) < 4.78 is 19.3. The fraction of sp³-hybridized carbons (Fsp3) is 0.0435. The molecule has 0 atom stereocenters. The van der Waals surface area contributed by atoms with E-state index in [9.17, 15) is 18.8 Å². The molecule has 7 heteroatoms. The molecule has 0 spiro atoms. The highest BCUT2D eigenvalue weighted by Gasteiger charge is 2.20. The number of hydrogen-bond acceptors (Lipinski definition) is 5. The number of para-hydroxylation sites is 1. The van der Waals surface area contributed by atoms with Crippen molar-refractivity contribution in [1.82, 2.24) is 9.78 Å². The Kier molecular flexibility index (Phi) is 5.17. The molecule has 0 N–H and O–H groups in total. The molecule has 1 heterocycles. The number of carbonyl (C=O) groups excluding carboxylic acids is 2. The molecule has 0 saturated heterocycles. The predicted molar refractivity (Wildman–Crippen MR) is 108 cm³/mol. The Balaban J connectivity index is 1.68. The van der Waals surface area contributed by atoms with Crippen LogP contribution in [0.1, 0.15) is 20.8 Å². The maximum atomic E-state index is 13.0. The van der Waals surface area contributed by atoms with E-state index in [-0.39, 0.29) is 16.8 Å². The van der Waals surface area contributed by atoms with Crippen molar-refractivity contribution in [1.29, 1.82) is 0 Å². The molecular weight excluding hydrogens is 387 g/mol. The minimum absolute atomic E-state index is 0.0824. The third kappa shape index (κ3) is 3.73. The number of halogens is 1. The molecule has 0 aliphatic rings. The number of Topliss-reactive ketones (excluding diaryl/α,β-unsaturated/α-hetero) is 1. The summed E-state index contributed by atoms with van der Waals surface area (Å²) in [5.41, 5.74) is 0.248. The van der Waals surface area contributed by atoms with E-state index in [1.54, 1.807) is 54.6 Å². The molecular formula is C23H15FN2O4. The lowest BCUT2D eigenvalue weighted by Gasteiger charge is -2.11. The first kappa shape index (κ1) is 19.2. The van der Waals surface area contributed by atoms with Crippen LogP contribution in [0.5, 0.6) is 0 Å². The highest BCUT2D eigenvalue weighted by Crippen LogP contribution is 2.16. The van der Waals surface area contributed by atoms with Crippen LogP contribution < -0.4 is 5.56 Å². The summed E-state index contributed by atoms with van der Waals surface area (Å²) in [6.07, 6.45) is 0. The standard InChI is InChI=1S/C23H15FN2O4/c24-16-12-10-15(11-13-16)20(27)14-30-23(29)21-18-8-4-5-9-19(18)22(28)26(25-21)17-6-2-1-3-7-17/h1-13H,14H2. The second kappa shape index (κ2) is 8.08. The van der Waals surface area contributed by atoms with Gasteiger partial charge in [-0.1, -0.05) is 36.4 Å². The van der Waals surface area contributed by atoms with Crippen molar-refractivity contribution in [2.75, 3.05) is 6.61 Å². The van der Waals surface area contributed by atoms with E-state index < -0.39 is 24.2 Å². The summed E-state index contributed by atoms with van der Waals surface area (Å²) in [5.74, 6) is -1.79. The Bertz CT molecular complexity index is 1300. The average molecular weight is 402 g/mol. The van der Waals surface area contributed by atoms with Crippen LogP contribution in [0.4, 0.5) is 4.39 Å². The fourth-order valence-corrected chi connectivity index (χ4v) is 3.00. The van der Waals surface area contributed by atoms with Gasteiger partial charge in [0.1, 0.15) is 5.82 Å². The molecule has 30 heavy (non-hydrogen) atoms. The number of fused-ring (bicyclic) bond motifs is 1. The summed E-state index contributed by atoms with van der Waals surface area (Å²) in [6.45, 7) is -0.537. The first-order chi connectivity index (χ1) is 14.5. The van der Waals surface area contributed by atoms with Gasteiger partial charge in [0, 0.05) is 10.9 Å². The van der Waals surface area contributed by atoms with E-state index >= 15 is 0 Å². The average Bonchev–Trinajstić information content (AvgIpc) is 2.79. The summed E-state index contributed by atoms with van der Waals surface area (Å²) in [6, 6.07) is 20.2. The summed E-state index contributed by atoms with van der Waals surface area (Å²) in [7, 11) is 0. The molecule has 0 bridgehead atoms. The van der Waals surface area contributed by atoms with Gasteiger partial charge in [0.15, 0.2) is 18.1 Å². The topological polar surface area (TPSA) is 78.3 Å². The van der Waals surface area contributed by atoms with E-state index in [1.807, 2.05) is 0 Å². The molecule has 4 rings (SSSR count). The quantitative estimate of drug-likeness (QED) is 0.377. The van der Waals surface area contributed by atoms with E-state index in [1.165, 1.54) is 12.1 Å². The number of hydrogen-bond donors (Lipinski definition) is 0. The first-order valence-corrected chi connectivity index (χ1v) is 9.08. The van der Waals surface area contributed by atoms with Crippen LogP contribution in [-0.4, -0.2) is 28.1 Å². The van der Waals surface area contributed by atoms with Crippen molar-refractivity contribution in [3.63, 3.8) is 0 Å². The van der Waals surface area contributed by atoms with Gasteiger partial charge >= 0.3 is 5.97 Å². The van der Waals surface area contributed by atoms with E-state index in [0.29, 0.717) is 16.5 Å². The third-order valence-corrected chi connectivity index (χ3v) is 4.50. The summed E-state index contributed by atoms with van der Waals surface area (Å²) in [5, 5.41) is 4.83. The van der Waals surface area contributed by atoms with Crippen LogP contribution in [0.25, 0.3) is 16.5 Å². The number of nitrogens with zero attached hydrogens (tertiary/aromatic N) is 2. The monoisotopic (exact) mass is 402 g/mol. The van der Waals surface area contributed by atoms with Gasteiger partial charge in [0.25, 0.3) is 5.56 Å². The zero-order valence-corrected chi connectivity index (χ0v) is 15.6. The number of benzene rings is 3. The largest absolute Gasteiger partial charge is 0.452 e. The molecule has 3 aromatic carbocycles. The predicted octanol–water partition coefficient (Wildman–Crippen LogP) is 3.56. The molecule has 4 aromatic rings. The lowest BCUT2D eigenvalue weighted by Crippen LogP contribution is -2.25. The maximum absolute atomic E-state index is 13.0. The molecule has 148 valence electrons. The van der Waals surface area contributed by atoms with E-state index in [4.69, 9.17) is 4.74 Å². The number of carbonyl (C=O) groups is 2. The Hall–Kier alpha value is -4.13. The van der Waals surface area contributed by atoms with Crippen LogP contribution in [-0.2, 0) is 4.74 Å². The molecule has 1 aromatic heterocycles. The highest BCUT2D eigenvalue weighted by molar-refractivity contribution is 6.04. The minimum atomic E-state index is -0.841. The first-order valence-electron chi connectivity index (χ1n) is 9.08. The number of ether oxygens (including phenoxy) is 1. The van der Waals surface area contributed by atoms with Crippen molar-refractivity contribution in [2.24, 2.45) is 0 Å². The summed E-state index contributed by atoms with van der Waals surface area (Å²) in [4.78, 5) is 37.8. The SMILES string of the molecule is O=C(COC(=O)c1nn(-c2ccccc2)c(=O)c2ccccc12)c1ccc(F)cc1. The van der Waals surface area contributed by atoms with E-state index in [0.717, 1.165) is 16.8 Å². The normalized spacial score (nSPS) is 10.7. The van der Waals surface area contributed by atoms with Crippen molar-refractivity contribution in [3.05, 3.63) is 106 Å². The second-order valence-corrected chi connectivity index (χ2v) is 6.45. The van der Waals surface area contributed by atoms with Crippen molar-refractivity contribution >= 4 is 22.5 Å². The number of esters is 1. The molecule has 0 amide bonds. The summed E-state index contributed by atoms with van der Waals surface area (Å²) >= 11 is 0. The van der Waals surface area contributed by atoms with Gasteiger partial charge < -0.3 is 4.74 Å². The maximum Gasteiger partial charge on any atom is 0.359 e. The van der Waals surface area contributed by atoms with Gasteiger partial charge in [-0.25, -0.2) is 9.18 Å². The van der Waals surface area contributed by atoms with Gasteiger partial charge in [-0.15, -0.1) is 0 Å². The van der Waals surface area contributed by atoms with Gasteiger partial charge in [0.2, 0.25) is 0 Å². The van der Waals surface area contributed by atoms with Crippen molar-refractivity contribution < 1.29 is 18.7 Å². The van der Waals surface area contributed by atoms with Crippen LogP contribution in [0.15, 0.2) is 83.7 Å². The zero-order chi connectivity index (χ0) is 21.1. The van der Waals surface area contributed by atoms with E-state index in [2.05, 4.69) is 5.10 Å². The second-order valence-electron chi connectivity index (χ2n) is 6.45. The number of rotatable bonds is 5. The lowest BCUT2D eigenvalue weighted by molar-refractivity contribution is 0.0469. The molecule has 0 saturated carbocycles. The lowest BCUT2D eigenvalue weighted by atomic mass is 10.1. The Labute approximate surface area is 170 Å². The molecule has 0 radical (unpaired) electrons. The molecule has 0 aliphatic carbocycles. The number of ketones is 1. The Morgan fingerprint density at radius 2 is 1.50 bits per heavy atom. The molecule has 0 aliphatic heterocycles. The highest BCUT2D eigenvalue weighted by atomic mass is 19.1. The van der Waals surface area contributed by atoms with Crippen LogP contribution in [0.2, 0.25) is 0 Å². The van der Waals surface area contributed by atoms with Crippen LogP contribution >= 0.6 is 0 Å². The fourth-order valence-electron chi connectivity index (χ4n) is 3.00. The van der Waals surface area contributed by atoms with Crippen molar-refractivity contribution in [3.8, 4) is 5.69 Å². The molecule has 6 nitrogen and oxygen atoms in total. The molecule has 0 unspecified atom stereocenters. The Morgan fingerprint density at radius 1 is 0.867 bits per heavy atom. The smallest absolute Gasteiger partial charge is 0.359 e. The van der Waals surface area contributed by atoms with Gasteiger partial charge in [-0.3, -0.25) is 9.59 Å². The van der Waals surface area contributed by atoms with Crippen LogP contribution in [0, 0.1) is 5.82 Å². The third-order valence-electron chi connectivity index (χ3n) is 4.50. The minimum Gasteiger partial charge on any atom is -0.452 e.